The number of rotatable bonds is 12. The van der Waals surface area contributed by atoms with E-state index in [1.807, 2.05) is 85.1 Å². The number of unbranched alkanes of at least 4 members (excludes halogenated alkanes) is 1. The Hall–Kier alpha value is -3.12. The molecular formula is C31H35LiNO7-. The normalized spacial score (nSPS) is 16.4. The number of hydrogen-bond donors (Lipinski definition) is 1. The SMILES string of the molecule is COc1ccc(C(OC[C@@H]2C[C@@H](O)CN2C(=O)CCC[C-]=O)(c2ccccc2)c2ccc(OC)cc2)cc1.[Li+].[OH-]. The van der Waals surface area contributed by atoms with Gasteiger partial charge in [-0.15, -0.1) is 0 Å². The predicted octanol–water partition coefficient (Wildman–Crippen LogP) is 1.08. The molecule has 1 aliphatic heterocycles. The Morgan fingerprint density at radius 1 is 0.925 bits per heavy atom. The average Bonchev–Trinajstić information content (AvgIpc) is 3.35. The molecule has 1 amide bonds. The Balaban J connectivity index is 0.00000280. The molecule has 3 aromatic carbocycles. The van der Waals surface area contributed by atoms with Crippen molar-refractivity contribution in [1.82, 2.24) is 4.90 Å². The zero-order valence-electron chi connectivity index (χ0n) is 23.3. The van der Waals surface area contributed by atoms with Crippen molar-refractivity contribution in [3.8, 4) is 11.5 Å². The van der Waals surface area contributed by atoms with Crippen molar-refractivity contribution >= 4 is 12.2 Å². The molecule has 1 saturated heterocycles. The molecule has 3 aromatic rings. The first-order valence-corrected chi connectivity index (χ1v) is 12.8. The number of hydrogen-bond acceptors (Lipinski definition) is 7. The summed E-state index contributed by atoms with van der Waals surface area (Å²) >= 11 is 0. The Labute approximate surface area is 247 Å². The zero-order chi connectivity index (χ0) is 27.0. The summed E-state index contributed by atoms with van der Waals surface area (Å²) in [5.74, 6) is 1.37. The first-order valence-electron chi connectivity index (χ1n) is 12.8. The standard InChI is InChI=1S/C31H34NO6.Li.H2O/c1-36-28-15-11-24(12-16-28)31(23-8-4-3-5-9-23,25-13-17-29(37-2)18-14-25)38-22-26-20-27(34)21-32(26)30(35)10-6-7-19-33;;/h3-5,8-9,11-18,26-27,34H,6-7,10,20-22H2,1-2H3;;1H2/q-1;+1;/p-1/t26-,27+;;/m0../s1. The van der Waals surface area contributed by atoms with Crippen molar-refractivity contribution in [1.29, 1.82) is 0 Å². The second-order valence-electron chi connectivity index (χ2n) is 9.40. The van der Waals surface area contributed by atoms with Gasteiger partial charge in [-0.25, -0.2) is 0 Å². The van der Waals surface area contributed by atoms with Gasteiger partial charge >= 0.3 is 18.9 Å². The third kappa shape index (κ3) is 7.33. The minimum atomic E-state index is -1.01. The van der Waals surface area contributed by atoms with E-state index in [0.29, 0.717) is 12.8 Å². The van der Waals surface area contributed by atoms with Crippen LogP contribution < -0.4 is 28.3 Å². The van der Waals surface area contributed by atoms with Crippen molar-refractivity contribution in [2.75, 3.05) is 27.4 Å². The van der Waals surface area contributed by atoms with Gasteiger partial charge in [0.05, 0.1) is 33.0 Å². The number of β-amino-alcohol motifs (C(OH)–C–C–N with tert-alkyl or cyclic N) is 1. The Morgan fingerprint density at radius 2 is 1.45 bits per heavy atom. The van der Waals surface area contributed by atoms with E-state index in [0.717, 1.165) is 28.2 Å². The number of aliphatic hydroxyl groups excluding tert-OH is 1. The number of aliphatic hydroxyl groups is 1. The van der Waals surface area contributed by atoms with Crippen molar-refractivity contribution in [2.24, 2.45) is 0 Å². The van der Waals surface area contributed by atoms with Crippen LogP contribution in [0.4, 0.5) is 0 Å². The number of ether oxygens (including phenoxy) is 3. The molecule has 0 aliphatic carbocycles. The molecule has 8 nitrogen and oxygen atoms in total. The molecule has 0 radical (unpaired) electrons. The number of carbonyl (C=O) groups is 1. The minimum Gasteiger partial charge on any atom is -0.870 e. The maximum atomic E-state index is 13.0. The van der Waals surface area contributed by atoms with Gasteiger partial charge in [0.2, 0.25) is 5.91 Å². The van der Waals surface area contributed by atoms with Gasteiger partial charge in [-0.2, -0.15) is 6.42 Å². The number of carbonyl (C=O) groups excluding carboxylic acids is 2. The molecule has 40 heavy (non-hydrogen) atoms. The molecule has 0 unspecified atom stereocenters. The largest absolute Gasteiger partial charge is 1.00 e. The molecule has 1 fully saturated rings. The summed E-state index contributed by atoms with van der Waals surface area (Å²) in [7, 11) is 3.26. The quantitative estimate of drug-likeness (QED) is 0.158. The van der Waals surface area contributed by atoms with Gasteiger partial charge in [0.25, 0.3) is 0 Å². The van der Waals surface area contributed by atoms with Crippen molar-refractivity contribution in [2.45, 2.75) is 43.4 Å². The number of nitrogens with zero attached hydrogens (tertiary/aromatic N) is 1. The van der Waals surface area contributed by atoms with Gasteiger partial charge in [0, 0.05) is 13.0 Å². The van der Waals surface area contributed by atoms with E-state index < -0.39 is 11.7 Å². The monoisotopic (exact) mass is 540 g/mol. The van der Waals surface area contributed by atoms with Crippen LogP contribution in [0, 0.1) is 0 Å². The van der Waals surface area contributed by atoms with Gasteiger partial charge in [0.1, 0.15) is 17.1 Å². The Bertz CT molecular complexity index is 1140. The summed E-state index contributed by atoms with van der Waals surface area (Å²) in [4.78, 5) is 25.2. The summed E-state index contributed by atoms with van der Waals surface area (Å²) in [6.07, 6.45) is 2.52. The Morgan fingerprint density at radius 3 is 1.95 bits per heavy atom. The van der Waals surface area contributed by atoms with Gasteiger partial charge in [0.15, 0.2) is 0 Å². The molecule has 0 spiro atoms. The summed E-state index contributed by atoms with van der Waals surface area (Å²) in [6, 6.07) is 25.2. The molecule has 2 N–H and O–H groups in total. The summed E-state index contributed by atoms with van der Waals surface area (Å²) < 4.78 is 17.7. The average molecular weight is 541 g/mol. The molecule has 0 saturated carbocycles. The number of amides is 1. The topological polar surface area (TPSA) is 115 Å². The van der Waals surface area contributed by atoms with E-state index in [-0.39, 0.29) is 62.3 Å². The molecule has 2 atom stereocenters. The van der Waals surface area contributed by atoms with Crippen LogP contribution in [-0.4, -0.2) is 67.2 Å². The molecule has 208 valence electrons. The molecule has 0 bridgehead atoms. The summed E-state index contributed by atoms with van der Waals surface area (Å²) in [5.41, 5.74) is 1.71. The second kappa shape index (κ2) is 15.6. The van der Waals surface area contributed by atoms with Crippen LogP contribution in [0.2, 0.25) is 0 Å². The maximum Gasteiger partial charge on any atom is 1.00 e. The summed E-state index contributed by atoms with van der Waals surface area (Å²) in [5, 5.41) is 10.4. The smallest absolute Gasteiger partial charge is 0.870 e. The van der Waals surface area contributed by atoms with Crippen molar-refractivity contribution in [3.05, 3.63) is 95.6 Å². The number of likely N-dealkylation sites (tertiary alicyclic amines) is 1. The van der Waals surface area contributed by atoms with Gasteiger partial charge in [-0.3, -0.25) is 11.1 Å². The van der Waals surface area contributed by atoms with E-state index in [4.69, 9.17) is 14.2 Å². The predicted molar refractivity (Wildman–Crippen MR) is 146 cm³/mol. The third-order valence-corrected chi connectivity index (χ3v) is 7.05. The van der Waals surface area contributed by atoms with E-state index in [2.05, 4.69) is 0 Å². The van der Waals surface area contributed by atoms with Crippen LogP contribution in [0.3, 0.4) is 0 Å². The number of benzene rings is 3. The second-order valence-corrected chi connectivity index (χ2v) is 9.40. The van der Waals surface area contributed by atoms with Crippen molar-refractivity contribution < 1.29 is 53.2 Å². The van der Waals surface area contributed by atoms with Gasteiger partial charge in [-0.1, -0.05) is 61.0 Å². The molecular weight excluding hydrogens is 505 g/mol. The molecule has 0 aromatic heterocycles. The van der Waals surface area contributed by atoms with E-state index >= 15 is 0 Å². The zero-order valence-corrected chi connectivity index (χ0v) is 23.3. The third-order valence-electron chi connectivity index (χ3n) is 7.05. The van der Waals surface area contributed by atoms with E-state index in [1.165, 1.54) is 0 Å². The van der Waals surface area contributed by atoms with Gasteiger partial charge in [-0.05, 0) is 47.4 Å². The van der Waals surface area contributed by atoms with Crippen LogP contribution in [0.1, 0.15) is 42.4 Å². The maximum absolute atomic E-state index is 13.0. The summed E-state index contributed by atoms with van der Waals surface area (Å²) in [6.45, 7) is 0.455. The Kier molecular flexibility index (Phi) is 12.9. The fourth-order valence-electron chi connectivity index (χ4n) is 5.11. The van der Waals surface area contributed by atoms with Gasteiger partial charge < -0.3 is 34.5 Å². The van der Waals surface area contributed by atoms with Crippen LogP contribution in [0.15, 0.2) is 78.9 Å². The first-order chi connectivity index (χ1) is 18.5. The molecule has 9 heteroatoms. The fourth-order valence-corrected chi connectivity index (χ4v) is 5.11. The molecule has 1 aliphatic rings. The molecule has 4 rings (SSSR count). The van der Waals surface area contributed by atoms with E-state index in [9.17, 15) is 14.7 Å². The van der Waals surface area contributed by atoms with E-state index in [1.54, 1.807) is 19.1 Å². The van der Waals surface area contributed by atoms with Crippen LogP contribution >= 0.6 is 0 Å². The number of methoxy groups -OCH3 is 2. The van der Waals surface area contributed by atoms with Crippen LogP contribution in [-0.2, 0) is 19.9 Å². The first kappa shape index (κ1) is 33.1. The minimum absolute atomic E-state index is 0. The molecule has 1 heterocycles. The fraction of sp³-hybridized carbons (Fsp3) is 0.355. The van der Waals surface area contributed by atoms with Crippen molar-refractivity contribution in [3.63, 3.8) is 0 Å². The van der Waals surface area contributed by atoms with Crippen LogP contribution in [0.5, 0.6) is 11.5 Å². The van der Waals surface area contributed by atoms with Crippen LogP contribution in [0.25, 0.3) is 0 Å².